The molecule has 1 aromatic rings. The van der Waals surface area contributed by atoms with Gasteiger partial charge in [0.05, 0.1) is 6.61 Å². The van der Waals surface area contributed by atoms with Gasteiger partial charge in [-0.15, -0.1) is 0 Å². The third-order valence-electron chi connectivity index (χ3n) is 2.59. The first-order valence-electron chi connectivity index (χ1n) is 5.63. The number of rotatable bonds is 6. The maximum atomic E-state index is 10.8. The van der Waals surface area contributed by atoms with Crippen LogP contribution in [0.15, 0.2) is 24.3 Å². The quantitative estimate of drug-likeness (QED) is 0.742. The van der Waals surface area contributed by atoms with Gasteiger partial charge in [-0.05, 0) is 44.4 Å². The van der Waals surface area contributed by atoms with Crippen LogP contribution in [0.3, 0.4) is 0 Å². The maximum absolute atomic E-state index is 10.8. The lowest BCUT2D eigenvalue weighted by Gasteiger charge is -2.18. The molecular weight excluding hydrogens is 218 g/mol. The average molecular weight is 237 g/mol. The normalized spacial score (nSPS) is 14.1. The van der Waals surface area contributed by atoms with Gasteiger partial charge in [-0.3, -0.25) is 4.79 Å². The number of ether oxygens (including phenoxy) is 1. The van der Waals surface area contributed by atoms with Gasteiger partial charge in [0.25, 0.3) is 0 Å². The predicted molar refractivity (Wildman–Crippen MR) is 66.1 cm³/mol. The minimum absolute atomic E-state index is 0.397. The summed E-state index contributed by atoms with van der Waals surface area (Å²) in [6.07, 6.45) is 1.02. The minimum Gasteiger partial charge on any atom is -0.494 e. The highest BCUT2D eigenvalue weighted by Crippen LogP contribution is 2.14. The van der Waals surface area contributed by atoms with E-state index in [1.807, 2.05) is 31.2 Å². The van der Waals surface area contributed by atoms with Crippen molar-refractivity contribution < 1.29 is 14.6 Å². The van der Waals surface area contributed by atoms with E-state index in [4.69, 9.17) is 15.6 Å². The van der Waals surface area contributed by atoms with Crippen LogP contribution in [0, 0.1) is 6.92 Å². The van der Waals surface area contributed by atoms with Crippen molar-refractivity contribution >= 4 is 5.97 Å². The van der Waals surface area contributed by atoms with Crippen molar-refractivity contribution in [1.82, 2.24) is 0 Å². The summed E-state index contributed by atoms with van der Waals surface area (Å²) in [6.45, 7) is 3.99. The summed E-state index contributed by atoms with van der Waals surface area (Å²) in [4.78, 5) is 10.8. The third-order valence-corrected chi connectivity index (χ3v) is 2.59. The van der Waals surface area contributed by atoms with Gasteiger partial charge in [0.1, 0.15) is 11.3 Å². The summed E-state index contributed by atoms with van der Waals surface area (Å²) in [6, 6.07) is 7.74. The van der Waals surface area contributed by atoms with Crippen LogP contribution in [0.25, 0.3) is 0 Å². The number of hydrogen-bond donors (Lipinski definition) is 2. The van der Waals surface area contributed by atoms with E-state index < -0.39 is 11.5 Å². The number of aryl methyl sites for hydroxylation is 1. The lowest BCUT2D eigenvalue weighted by molar-refractivity contribution is -0.142. The summed E-state index contributed by atoms with van der Waals surface area (Å²) >= 11 is 0. The van der Waals surface area contributed by atoms with Gasteiger partial charge in [-0.2, -0.15) is 0 Å². The molecule has 3 N–H and O–H groups in total. The van der Waals surface area contributed by atoms with E-state index in [0.29, 0.717) is 19.4 Å². The van der Waals surface area contributed by atoms with Crippen LogP contribution in [0.2, 0.25) is 0 Å². The van der Waals surface area contributed by atoms with E-state index in [0.717, 1.165) is 11.3 Å². The number of carbonyl (C=O) groups is 1. The lowest BCUT2D eigenvalue weighted by atomic mass is 9.98. The summed E-state index contributed by atoms with van der Waals surface area (Å²) in [5.41, 5.74) is 5.57. The van der Waals surface area contributed by atoms with Gasteiger partial charge in [0, 0.05) is 0 Å². The van der Waals surface area contributed by atoms with Crippen molar-refractivity contribution in [3.63, 3.8) is 0 Å². The summed E-state index contributed by atoms with van der Waals surface area (Å²) < 4.78 is 5.51. The molecule has 4 nitrogen and oxygen atoms in total. The molecule has 0 aliphatic carbocycles. The van der Waals surface area contributed by atoms with Crippen molar-refractivity contribution in [2.75, 3.05) is 6.61 Å². The molecule has 1 aromatic carbocycles. The number of carboxylic acids is 1. The Kier molecular flexibility index (Phi) is 4.52. The first-order valence-corrected chi connectivity index (χ1v) is 5.63. The Hall–Kier alpha value is -1.55. The van der Waals surface area contributed by atoms with Gasteiger partial charge in [-0.25, -0.2) is 0 Å². The van der Waals surface area contributed by atoms with Crippen LogP contribution in [0.5, 0.6) is 5.75 Å². The molecule has 0 spiro atoms. The molecule has 0 aromatic heterocycles. The fraction of sp³-hybridized carbons (Fsp3) is 0.462. The van der Waals surface area contributed by atoms with Crippen molar-refractivity contribution in [3.8, 4) is 5.75 Å². The Bertz CT molecular complexity index is 388. The topological polar surface area (TPSA) is 72.5 Å². The molecule has 1 unspecified atom stereocenters. The molecule has 94 valence electrons. The molecular formula is C13H19NO3. The molecule has 0 radical (unpaired) electrons. The highest BCUT2D eigenvalue weighted by molar-refractivity contribution is 5.77. The van der Waals surface area contributed by atoms with Gasteiger partial charge in [0.2, 0.25) is 0 Å². The zero-order chi connectivity index (χ0) is 12.9. The molecule has 0 aliphatic heterocycles. The fourth-order valence-electron chi connectivity index (χ4n) is 1.44. The molecule has 0 saturated heterocycles. The number of aliphatic carboxylic acids is 1. The van der Waals surface area contributed by atoms with Gasteiger partial charge in [-0.1, -0.05) is 12.1 Å². The monoisotopic (exact) mass is 237 g/mol. The predicted octanol–water partition coefficient (Wildman–Crippen LogP) is 1.96. The summed E-state index contributed by atoms with van der Waals surface area (Å²) in [5, 5.41) is 8.83. The van der Waals surface area contributed by atoms with Gasteiger partial charge < -0.3 is 15.6 Å². The highest BCUT2D eigenvalue weighted by Gasteiger charge is 2.26. The van der Waals surface area contributed by atoms with Crippen LogP contribution in [-0.4, -0.2) is 23.2 Å². The molecule has 1 rings (SSSR count). The van der Waals surface area contributed by atoms with Gasteiger partial charge >= 0.3 is 5.97 Å². The van der Waals surface area contributed by atoms with E-state index in [9.17, 15) is 4.79 Å². The fourth-order valence-corrected chi connectivity index (χ4v) is 1.44. The van der Waals surface area contributed by atoms with Crippen LogP contribution in [0.4, 0.5) is 0 Å². The second kappa shape index (κ2) is 5.68. The van der Waals surface area contributed by atoms with Crippen molar-refractivity contribution in [3.05, 3.63) is 29.8 Å². The first-order chi connectivity index (χ1) is 7.92. The summed E-state index contributed by atoms with van der Waals surface area (Å²) in [5.74, 6) is -0.174. The zero-order valence-corrected chi connectivity index (χ0v) is 10.3. The number of benzene rings is 1. The van der Waals surface area contributed by atoms with E-state index in [2.05, 4.69) is 0 Å². The van der Waals surface area contributed by atoms with Crippen molar-refractivity contribution in [2.24, 2.45) is 5.73 Å². The standard InChI is InChI=1S/C13H19NO3/c1-10-5-3-6-11(9-10)17-8-4-7-13(2,14)12(15)16/h3,5-6,9H,4,7-8,14H2,1-2H3,(H,15,16). The van der Waals surface area contributed by atoms with Crippen LogP contribution >= 0.6 is 0 Å². The molecule has 0 aliphatic rings. The Balaban J connectivity index is 2.32. The smallest absolute Gasteiger partial charge is 0.323 e. The molecule has 1 atom stereocenters. The largest absolute Gasteiger partial charge is 0.494 e. The Morgan fingerprint density at radius 3 is 2.82 bits per heavy atom. The van der Waals surface area contributed by atoms with E-state index in [1.165, 1.54) is 6.92 Å². The van der Waals surface area contributed by atoms with Crippen molar-refractivity contribution in [1.29, 1.82) is 0 Å². The van der Waals surface area contributed by atoms with Crippen molar-refractivity contribution in [2.45, 2.75) is 32.2 Å². The molecule has 0 heterocycles. The average Bonchev–Trinajstić information content (AvgIpc) is 2.24. The number of nitrogens with two attached hydrogens (primary N) is 1. The van der Waals surface area contributed by atoms with Crippen LogP contribution < -0.4 is 10.5 Å². The zero-order valence-electron chi connectivity index (χ0n) is 10.3. The minimum atomic E-state index is -1.17. The maximum Gasteiger partial charge on any atom is 0.323 e. The first kappa shape index (κ1) is 13.5. The molecule has 4 heteroatoms. The second-order valence-electron chi connectivity index (χ2n) is 4.49. The molecule has 0 fully saturated rings. The van der Waals surface area contributed by atoms with Crippen LogP contribution in [-0.2, 0) is 4.79 Å². The third kappa shape index (κ3) is 4.44. The Labute approximate surface area is 101 Å². The molecule has 0 saturated carbocycles. The molecule has 17 heavy (non-hydrogen) atoms. The second-order valence-corrected chi connectivity index (χ2v) is 4.49. The van der Waals surface area contributed by atoms with E-state index in [-0.39, 0.29) is 0 Å². The Morgan fingerprint density at radius 1 is 1.53 bits per heavy atom. The van der Waals surface area contributed by atoms with E-state index in [1.54, 1.807) is 0 Å². The van der Waals surface area contributed by atoms with Crippen LogP contribution in [0.1, 0.15) is 25.3 Å². The van der Waals surface area contributed by atoms with Gasteiger partial charge in [0.15, 0.2) is 0 Å². The molecule has 0 bridgehead atoms. The number of hydrogen-bond acceptors (Lipinski definition) is 3. The summed E-state index contributed by atoms with van der Waals surface area (Å²) in [7, 11) is 0. The Morgan fingerprint density at radius 2 is 2.24 bits per heavy atom. The number of carboxylic acid groups (broad SMARTS) is 1. The SMILES string of the molecule is Cc1cccc(OCCCC(C)(N)C(=O)O)c1. The highest BCUT2D eigenvalue weighted by atomic mass is 16.5. The van der Waals surface area contributed by atoms with E-state index >= 15 is 0 Å². The lowest BCUT2D eigenvalue weighted by Crippen LogP contribution is -2.44. The molecule has 0 amide bonds.